The van der Waals surface area contributed by atoms with Crippen LogP contribution in [0.15, 0.2) is 53.0 Å². The third kappa shape index (κ3) is 7.22. The van der Waals surface area contributed by atoms with Crippen LogP contribution in [0.2, 0.25) is 5.02 Å². The van der Waals surface area contributed by atoms with Gasteiger partial charge in [0.25, 0.3) is 0 Å². The lowest BCUT2D eigenvalue weighted by atomic mass is 10.1. The van der Waals surface area contributed by atoms with Crippen molar-refractivity contribution in [2.24, 2.45) is 0 Å². The molecule has 0 aliphatic heterocycles. The second-order valence-electron chi connectivity index (χ2n) is 6.97. The van der Waals surface area contributed by atoms with E-state index in [4.69, 9.17) is 11.6 Å². The molecule has 0 bridgehead atoms. The molecule has 2 amide bonds. The highest BCUT2D eigenvalue weighted by atomic mass is 79.9. The molecule has 1 atom stereocenters. The Bertz CT molecular complexity index is 1030. The Labute approximate surface area is 196 Å². The number of amides is 2. The summed E-state index contributed by atoms with van der Waals surface area (Å²) < 4.78 is 26.6. The van der Waals surface area contributed by atoms with Crippen molar-refractivity contribution in [3.05, 3.63) is 63.6 Å². The summed E-state index contributed by atoms with van der Waals surface area (Å²) in [5.74, 6) is -0.822. The number of benzene rings is 2. The second kappa shape index (κ2) is 11.0. The van der Waals surface area contributed by atoms with Crippen LogP contribution in [-0.4, -0.2) is 50.5 Å². The van der Waals surface area contributed by atoms with Gasteiger partial charge in [0.2, 0.25) is 21.8 Å². The number of halogens is 2. The Balaban J connectivity index is 2.37. The molecule has 10 heteroatoms. The van der Waals surface area contributed by atoms with Crippen LogP contribution in [0.1, 0.15) is 19.4 Å². The van der Waals surface area contributed by atoms with Gasteiger partial charge in [0.05, 0.1) is 11.9 Å². The Morgan fingerprint density at radius 1 is 1.16 bits per heavy atom. The van der Waals surface area contributed by atoms with E-state index < -0.39 is 28.5 Å². The lowest BCUT2D eigenvalue weighted by Gasteiger charge is -2.31. The molecule has 0 saturated heterocycles. The SMILES string of the molecule is CCNC(=O)[C@@H](C)N(Cc1ccc(Cl)cc1)C(=O)CN(c1cccc(Br)c1)S(C)(=O)=O. The molecule has 0 spiro atoms. The van der Waals surface area contributed by atoms with Crippen LogP contribution in [0.25, 0.3) is 0 Å². The summed E-state index contributed by atoms with van der Waals surface area (Å²) in [7, 11) is -3.75. The molecule has 0 aliphatic rings. The molecule has 0 unspecified atom stereocenters. The average molecular weight is 531 g/mol. The molecule has 168 valence electrons. The molecule has 2 aromatic carbocycles. The van der Waals surface area contributed by atoms with Crippen molar-refractivity contribution in [2.45, 2.75) is 26.4 Å². The topological polar surface area (TPSA) is 86.8 Å². The zero-order valence-electron chi connectivity index (χ0n) is 17.5. The molecule has 0 fully saturated rings. The highest BCUT2D eigenvalue weighted by Gasteiger charge is 2.29. The van der Waals surface area contributed by atoms with Crippen molar-refractivity contribution in [3.8, 4) is 0 Å². The second-order valence-corrected chi connectivity index (χ2v) is 10.2. The molecule has 2 rings (SSSR count). The zero-order chi connectivity index (χ0) is 23.2. The molecule has 0 aromatic heterocycles. The maximum atomic E-state index is 13.3. The summed E-state index contributed by atoms with van der Waals surface area (Å²) in [6.07, 6.45) is 1.04. The van der Waals surface area contributed by atoms with Crippen LogP contribution in [-0.2, 0) is 26.2 Å². The molecule has 0 aliphatic carbocycles. The lowest BCUT2D eigenvalue weighted by Crippen LogP contribution is -2.51. The first-order valence-corrected chi connectivity index (χ1v) is 12.6. The van der Waals surface area contributed by atoms with Crippen LogP contribution >= 0.6 is 27.5 Å². The minimum Gasteiger partial charge on any atom is -0.355 e. The standard InChI is InChI=1S/C21H25BrClN3O4S/c1-4-24-21(28)15(2)25(13-16-8-10-18(23)11-9-16)20(27)14-26(31(3,29)30)19-7-5-6-17(22)12-19/h5-12,15H,4,13-14H2,1-3H3,(H,24,28)/t15-/m1/s1. The number of carbonyl (C=O) groups excluding carboxylic acids is 2. The van der Waals surface area contributed by atoms with E-state index in [9.17, 15) is 18.0 Å². The van der Waals surface area contributed by atoms with Crippen LogP contribution in [0.5, 0.6) is 0 Å². The molecule has 0 heterocycles. The Kier molecular flexibility index (Phi) is 8.90. The lowest BCUT2D eigenvalue weighted by molar-refractivity contribution is -0.139. The van der Waals surface area contributed by atoms with E-state index in [0.29, 0.717) is 21.7 Å². The number of carbonyl (C=O) groups is 2. The number of nitrogens with one attached hydrogen (secondary N) is 1. The minimum absolute atomic E-state index is 0.129. The summed E-state index contributed by atoms with van der Waals surface area (Å²) in [6.45, 7) is 3.51. The van der Waals surface area contributed by atoms with Gasteiger partial charge in [-0.1, -0.05) is 45.7 Å². The maximum Gasteiger partial charge on any atom is 0.244 e. The third-order valence-corrected chi connectivity index (χ3v) is 6.45. The van der Waals surface area contributed by atoms with Crippen molar-refractivity contribution in [1.82, 2.24) is 10.2 Å². The van der Waals surface area contributed by atoms with Gasteiger partial charge in [0, 0.05) is 22.6 Å². The van der Waals surface area contributed by atoms with Gasteiger partial charge in [-0.3, -0.25) is 13.9 Å². The van der Waals surface area contributed by atoms with E-state index in [1.807, 2.05) is 0 Å². The van der Waals surface area contributed by atoms with E-state index >= 15 is 0 Å². The summed E-state index contributed by atoms with van der Waals surface area (Å²) in [4.78, 5) is 27.1. The molecular weight excluding hydrogens is 506 g/mol. The third-order valence-electron chi connectivity index (χ3n) is 4.56. The monoisotopic (exact) mass is 529 g/mol. The fourth-order valence-corrected chi connectivity index (χ4v) is 4.29. The van der Waals surface area contributed by atoms with Crippen LogP contribution in [0.4, 0.5) is 5.69 Å². The van der Waals surface area contributed by atoms with Gasteiger partial charge in [-0.15, -0.1) is 0 Å². The fraction of sp³-hybridized carbons (Fsp3) is 0.333. The van der Waals surface area contributed by atoms with Gasteiger partial charge in [-0.25, -0.2) is 8.42 Å². The fourth-order valence-electron chi connectivity index (χ4n) is 2.94. The average Bonchev–Trinajstić information content (AvgIpc) is 2.70. The summed E-state index contributed by atoms with van der Waals surface area (Å²) in [6, 6.07) is 12.8. The predicted molar refractivity (Wildman–Crippen MR) is 126 cm³/mol. The number of hydrogen-bond donors (Lipinski definition) is 1. The zero-order valence-corrected chi connectivity index (χ0v) is 20.7. The first kappa shape index (κ1) is 25.2. The van der Waals surface area contributed by atoms with Gasteiger partial charge in [0.15, 0.2) is 0 Å². The number of rotatable bonds is 9. The molecule has 31 heavy (non-hydrogen) atoms. The first-order chi connectivity index (χ1) is 14.5. The van der Waals surface area contributed by atoms with Gasteiger partial charge in [0.1, 0.15) is 12.6 Å². The molecule has 0 radical (unpaired) electrons. The molecule has 2 aromatic rings. The number of hydrogen-bond acceptors (Lipinski definition) is 4. The number of likely N-dealkylation sites (N-methyl/N-ethyl adjacent to an activating group) is 1. The van der Waals surface area contributed by atoms with Gasteiger partial charge < -0.3 is 10.2 Å². The molecule has 1 N–H and O–H groups in total. The van der Waals surface area contributed by atoms with E-state index in [1.54, 1.807) is 62.4 Å². The van der Waals surface area contributed by atoms with Gasteiger partial charge in [-0.2, -0.15) is 0 Å². The quantitative estimate of drug-likeness (QED) is 0.538. The van der Waals surface area contributed by atoms with Crippen LogP contribution in [0.3, 0.4) is 0 Å². The summed E-state index contributed by atoms with van der Waals surface area (Å²) in [5.41, 5.74) is 1.12. The Hall–Kier alpha value is -2.10. The maximum absolute atomic E-state index is 13.3. The van der Waals surface area contributed by atoms with E-state index in [-0.39, 0.29) is 12.5 Å². The number of anilines is 1. The predicted octanol–water partition coefficient (Wildman–Crippen LogP) is 3.42. The summed E-state index contributed by atoms with van der Waals surface area (Å²) in [5, 5.41) is 3.26. The Morgan fingerprint density at radius 2 is 1.81 bits per heavy atom. The van der Waals surface area contributed by atoms with Crippen LogP contribution in [0, 0.1) is 0 Å². The minimum atomic E-state index is -3.75. The van der Waals surface area contributed by atoms with Crippen LogP contribution < -0.4 is 9.62 Å². The molecule has 0 saturated carbocycles. The van der Waals surface area contributed by atoms with Crippen molar-refractivity contribution in [1.29, 1.82) is 0 Å². The van der Waals surface area contributed by atoms with E-state index in [0.717, 1.165) is 16.1 Å². The highest BCUT2D eigenvalue weighted by Crippen LogP contribution is 2.23. The van der Waals surface area contributed by atoms with Crippen molar-refractivity contribution >= 4 is 55.1 Å². The van der Waals surface area contributed by atoms with Crippen molar-refractivity contribution in [2.75, 3.05) is 23.7 Å². The van der Waals surface area contributed by atoms with E-state index in [2.05, 4.69) is 21.2 Å². The number of nitrogens with zero attached hydrogens (tertiary/aromatic N) is 2. The Morgan fingerprint density at radius 3 is 2.35 bits per heavy atom. The number of sulfonamides is 1. The first-order valence-electron chi connectivity index (χ1n) is 9.57. The van der Waals surface area contributed by atoms with Gasteiger partial charge in [-0.05, 0) is 49.7 Å². The largest absolute Gasteiger partial charge is 0.355 e. The summed E-state index contributed by atoms with van der Waals surface area (Å²) >= 11 is 9.26. The van der Waals surface area contributed by atoms with E-state index in [1.165, 1.54) is 4.90 Å². The van der Waals surface area contributed by atoms with Gasteiger partial charge >= 0.3 is 0 Å². The van der Waals surface area contributed by atoms with Crippen molar-refractivity contribution < 1.29 is 18.0 Å². The van der Waals surface area contributed by atoms with Crippen molar-refractivity contribution in [3.63, 3.8) is 0 Å². The normalized spacial score (nSPS) is 12.2. The highest BCUT2D eigenvalue weighted by molar-refractivity contribution is 9.10. The smallest absolute Gasteiger partial charge is 0.244 e. The molecular formula is C21H25BrClN3O4S. The molecule has 7 nitrogen and oxygen atoms in total.